The molecule has 0 N–H and O–H groups in total. The molecule has 0 aliphatic carbocycles. The zero-order chi connectivity index (χ0) is 18.5. The standard InChI is InChI=1S/C21H26N4OS/c1-27-18-8-5-7-17(15-18)19-16-22-20-9-10-21(23-25(19)20)26-14-6-13-24-11-3-2-4-12-24/h5,7-10,15-16H,2-4,6,11-14H2,1H3. The zero-order valence-corrected chi connectivity index (χ0v) is 16.6. The third-order valence-corrected chi connectivity index (χ3v) is 5.75. The van der Waals surface area contributed by atoms with E-state index in [-0.39, 0.29) is 0 Å². The van der Waals surface area contributed by atoms with Crippen LogP contribution in [0.2, 0.25) is 0 Å². The Bertz CT molecular complexity index is 889. The summed E-state index contributed by atoms with van der Waals surface area (Å²) in [5, 5.41) is 4.66. The predicted octanol–water partition coefficient (Wildman–Crippen LogP) is 4.37. The number of benzene rings is 1. The number of likely N-dealkylation sites (tertiary alicyclic amines) is 1. The molecular formula is C21H26N4OS. The number of aromatic nitrogens is 3. The van der Waals surface area contributed by atoms with Crippen molar-refractivity contribution >= 4 is 17.4 Å². The van der Waals surface area contributed by atoms with E-state index in [1.165, 1.54) is 37.2 Å². The second-order valence-electron chi connectivity index (χ2n) is 6.92. The average molecular weight is 383 g/mol. The van der Waals surface area contributed by atoms with Crippen LogP contribution < -0.4 is 4.74 Å². The Morgan fingerprint density at radius 1 is 1.11 bits per heavy atom. The molecule has 6 heteroatoms. The largest absolute Gasteiger partial charge is 0.477 e. The highest BCUT2D eigenvalue weighted by Gasteiger charge is 2.11. The number of ether oxygens (including phenoxy) is 1. The maximum atomic E-state index is 5.92. The number of imidazole rings is 1. The van der Waals surface area contributed by atoms with Gasteiger partial charge in [0, 0.05) is 23.1 Å². The molecule has 1 fully saturated rings. The van der Waals surface area contributed by atoms with Crippen molar-refractivity contribution in [2.45, 2.75) is 30.6 Å². The van der Waals surface area contributed by atoms with Crippen molar-refractivity contribution in [1.82, 2.24) is 19.5 Å². The lowest BCUT2D eigenvalue weighted by Crippen LogP contribution is -2.31. The van der Waals surface area contributed by atoms with Gasteiger partial charge in [0.2, 0.25) is 5.88 Å². The summed E-state index contributed by atoms with van der Waals surface area (Å²) in [7, 11) is 0. The van der Waals surface area contributed by atoms with E-state index in [0.29, 0.717) is 12.5 Å². The summed E-state index contributed by atoms with van der Waals surface area (Å²) in [6.07, 6.45) is 9.04. The molecule has 3 heterocycles. The van der Waals surface area contributed by atoms with Crippen molar-refractivity contribution in [3.8, 4) is 17.1 Å². The van der Waals surface area contributed by atoms with Crippen molar-refractivity contribution in [3.63, 3.8) is 0 Å². The Labute approximate surface area is 164 Å². The molecule has 1 aliphatic heterocycles. The van der Waals surface area contributed by atoms with E-state index in [9.17, 15) is 0 Å². The van der Waals surface area contributed by atoms with E-state index in [0.717, 1.165) is 29.9 Å². The van der Waals surface area contributed by atoms with E-state index >= 15 is 0 Å². The van der Waals surface area contributed by atoms with Gasteiger partial charge in [0.1, 0.15) is 0 Å². The summed E-state index contributed by atoms with van der Waals surface area (Å²) < 4.78 is 7.79. The Kier molecular flexibility index (Phi) is 5.94. The first-order chi connectivity index (χ1) is 13.3. The molecule has 3 aromatic rings. The highest BCUT2D eigenvalue weighted by molar-refractivity contribution is 7.98. The van der Waals surface area contributed by atoms with Gasteiger partial charge in [0.25, 0.3) is 0 Å². The number of nitrogens with zero attached hydrogens (tertiary/aromatic N) is 4. The van der Waals surface area contributed by atoms with E-state index < -0.39 is 0 Å². The third-order valence-electron chi connectivity index (χ3n) is 5.02. The molecule has 0 unspecified atom stereocenters. The fourth-order valence-corrected chi connectivity index (χ4v) is 4.02. The van der Waals surface area contributed by atoms with E-state index in [1.54, 1.807) is 11.8 Å². The smallest absolute Gasteiger partial charge is 0.231 e. The molecule has 0 radical (unpaired) electrons. The predicted molar refractivity (Wildman–Crippen MR) is 111 cm³/mol. The fourth-order valence-electron chi connectivity index (χ4n) is 3.56. The molecule has 27 heavy (non-hydrogen) atoms. The van der Waals surface area contributed by atoms with Gasteiger partial charge in [-0.1, -0.05) is 18.6 Å². The van der Waals surface area contributed by atoms with Crippen LogP contribution in [0.5, 0.6) is 5.88 Å². The number of thioether (sulfide) groups is 1. The first-order valence-corrected chi connectivity index (χ1v) is 10.9. The topological polar surface area (TPSA) is 42.7 Å². The van der Waals surface area contributed by atoms with Gasteiger partial charge in [0.15, 0.2) is 5.65 Å². The molecule has 142 valence electrons. The molecule has 1 saturated heterocycles. The van der Waals surface area contributed by atoms with Gasteiger partial charge >= 0.3 is 0 Å². The van der Waals surface area contributed by atoms with Gasteiger partial charge in [0.05, 0.1) is 18.5 Å². The van der Waals surface area contributed by atoms with Crippen LogP contribution in [0, 0.1) is 0 Å². The molecule has 0 spiro atoms. The molecule has 0 saturated carbocycles. The Morgan fingerprint density at radius 2 is 2.00 bits per heavy atom. The Balaban J connectivity index is 1.43. The summed E-state index contributed by atoms with van der Waals surface area (Å²) >= 11 is 1.74. The van der Waals surface area contributed by atoms with Crippen LogP contribution in [-0.2, 0) is 0 Å². The minimum Gasteiger partial charge on any atom is -0.477 e. The first-order valence-electron chi connectivity index (χ1n) is 9.68. The van der Waals surface area contributed by atoms with E-state index in [2.05, 4.69) is 45.5 Å². The molecule has 5 nitrogen and oxygen atoms in total. The molecule has 0 atom stereocenters. The van der Waals surface area contributed by atoms with Crippen molar-refractivity contribution in [1.29, 1.82) is 0 Å². The van der Waals surface area contributed by atoms with Gasteiger partial charge in [-0.3, -0.25) is 0 Å². The van der Waals surface area contributed by atoms with Gasteiger partial charge in [-0.25, -0.2) is 9.50 Å². The van der Waals surface area contributed by atoms with Crippen LogP contribution >= 0.6 is 11.8 Å². The molecule has 4 rings (SSSR count). The number of hydrogen-bond donors (Lipinski definition) is 0. The second kappa shape index (κ2) is 8.76. The van der Waals surface area contributed by atoms with Crippen LogP contribution in [0.1, 0.15) is 25.7 Å². The van der Waals surface area contributed by atoms with Gasteiger partial charge in [-0.05, 0) is 56.8 Å². The highest BCUT2D eigenvalue weighted by Crippen LogP contribution is 2.25. The number of rotatable bonds is 7. The lowest BCUT2D eigenvalue weighted by molar-refractivity contribution is 0.202. The maximum Gasteiger partial charge on any atom is 0.231 e. The van der Waals surface area contributed by atoms with Crippen molar-refractivity contribution < 1.29 is 4.74 Å². The summed E-state index contributed by atoms with van der Waals surface area (Å²) in [5.41, 5.74) is 2.93. The highest BCUT2D eigenvalue weighted by atomic mass is 32.2. The molecule has 2 aromatic heterocycles. The van der Waals surface area contributed by atoms with Crippen LogP contribution in [0.25, 0.3) is 16.9 Å². The van der Waals surface area contributed by atoms with Crippen molar-refractivity contribution in [3.05, 3.63) is 42.6 Å². The Hall–Kier alpha value is -2.05. The quantitative estimate of drug-likeness (QED) is 0.448. The minimum absolute atomic E-state index is 0.654. The fraction of sp³-hybridized carbons (Fsp3) is 0.429. The normalized spacial score (nSPS) is 15.3. The molecule has 1 aromatic carbocycles. The number of piperidine rings is 1. The summed E-state index contributed by atoms with van der Waals surface area (Å²) in [6, 6.07) is 12.3. The summed E-state index contributed by atoms with van der Waals surface area (Å²) in [5.74, 6) is 0.654. The summed E-state index contributed by atoms with van der Waals surface area (Å²) in [4.78, 5) is 8.25. The Morgan fingerprint density at radius 3 is 2.85 bits per heavy atom. The number of hydrogen-bond acceptors (Lipinski definition) is 5. The third kappa shape index (κ3) is 4.45. The molecule has 0 amide bonds. The van der Waals surface area contributed by atoms with Crippen LogP contribution in [0.3, 0.4) is 0 Å². The molecule has 0 bridgehead atoms. The molecular weight excluding hydrogens is 356 g/mol. The average Bonchev–Trinajstić information content (AvgIpc) is 3.15. The van der Waals surface area contributed by atoms with Gasteiger partial charge in [-0.2, -0.15) is 0 Å². The SMILES string of the molecule is CSc1cccc(-c2cnc3ccc(OCCCN4CCCCC4)nn23)c1. The minimum atomic E-state index is 0.654. The number of fused-ring (bicyclic) bond motifs is 1. The van der Waals surface area contributed by atoms with Gasteiger partial charge < -0.3 is 9.64 Å². The van der Waals surface area contributed by atoms with Crippen LogP contribution in [-0.4, -0.2) is 52.0 Å². The van der Waals surface area contributed by atoms with Crippen LogP contribution in [0.15, 0.2) is 47.5 Å². The van der Waals surface area contributed by atoms with Crippen LogP contribution in [0.4, 0.5) is 0 Å². The second-order valence-corrected chi connectivity index (χ2v) is 7.80. The monoisotopic (exact) mass is 382 g/mol. The summed E-state index contributed by atoms with van der Waals surface area (Å²) in [6.45, 7) is 4.27. The lowest BCUT2D eigenvalue weighted by Gasteiger charge is -2.26. The zero-order valence-electron chi connectivity index (χ0n) is 15.8. The van der Waals surface area contributed by atoms with E-state index in [4.69, 9.17) is 4.74 Å². The molecule has 1 aliphatic rings. The maximum absolute atomic E-state index is 5.92. The van der Waals surface area contributed by atoms with Crippen molar-refractivity contribution in [2.24, 2.45) is 0 Å². The lowest BCUT2D eigenvalue weighted by atomic mass is 10.1. The van der Waals surface area contributed by atoms with Gasteiger partial charge in [-0.15, -0.1) is 16.9 Å². The van der Waals surface area contributed by atoms with Crippen molar-refractivity contribution in [2.75, 3.05) is 32.5 Å². The van der Waals surface area contributed by atoms with E-state index in [1.807, 2.05) is 22.8 Å². The first kappa shape index (κ1) is 18.3.